The van der Waals surface area contributed by atoms with Crippen molar-refractivity contribution in [2.75, 3.05) is 6.61 Å². The Kier molecular flexibility index (Phi) is 3.55. The second-order valence-electron chi connectivity index (χ2n) is 5.78. The molecule has 2 aliphatic rings. The van der Waals surface area contributed by atoms with E-state index in [9.17, 15) is 0 Å². The van der Waals surface area contributed by atoms with E-state index in [4.69, 9.17) is 10.5 Å². The highest BCUT2D eigenvalue weighted by molar-refractivity contribution is 5.37. The Bertz CT molecular complexity index is 412. The average molecular weight is 245 g/mol. The van der Waals surface area contributed by atoms with Crippen molar-refractivity contribution in [3.63, 3.8) is 0 Å². The zero-order valence-electron chi connectivity index (χ0n) is 11.0. The lowest BCUT2D eigenvalue weighted by molar-refractivity contribution is 0.291. The molecule has 98 valence electrons. The molecule has 2 aliphatic carbocycles. The largest absolute Gasteiger partial charge is 0.494 e. The van der Waals surface area contributed by atoms with Gasteiger partial charge in [-0.25, -0.2) is 0 Å². The first kappa shape index (κ1) is 12.0. The second-order valence-corrected chi connectivity index (χ2v) is 5.78. The molecule has 1 fully saturated rings. The lowest BCUT2D eigenvalue weighted by Crippen LogP contribution is -2.24. The van der Waals surface area contributed by atoms with Gasteiger partial charge in [0.25, 0.3) is 0 Å². The third-order valence-electron chi connectivity index (χ3n) is 4.27. The highest BCUT2D eigenvalue weighted by Crippen LogP contribution is 2.33. The minimum Gasteiger partial charge on any atom is -0.494 e. The molecule has 0 saturated heterocycles. The Labute approximate surface area is 110 Å². The molecule has 2 N–H and O–H groups in total. The van der Waals surface area contributed by atoms with E-state index in [1.54, 1.807) is 0 Å². The number of fused-ring (bicyclic) bond motifs is 1. The summed E-state index contributed by atoms with van der Waals surface area (Å²) in [6.07, 6.45) is 8.74. The molecule has 1 atom stereocenters. The number of rotatable bonds is 5. The number of aryl methyl sites for hydroxylation is 2. The van der Waals surface area contributed by atoms with Crippen LogP contribution in [0.1, 0.15) is 43.2 Å². The standard InChI is InChI=1S/C16H23NO/c17-16(13-5-6-13)9-10-18-15-8-7-12-3-1-2-4-14(12)11-15/h7-8,11,13,16H,1-6,9-10,17H2. The molecule has 0 spiro atoms. The van der Waals surface area contributed by atoms with Crippen molar-refractivity contribution < 1.29 is 4.74 Å². The van der Waals surface area contributed by atoms with Crippen LogP contribution >= 0.6 is 0 Å². The van der Waals surface area contributed by atoms with Crippen LogP contribution in [0.3, 0.4) is 0 Å². The van der Waals surface area contributed by atoms with E-state index in [2.05, 4.69) is 18.2 Å². The molecule has 0 aromatic heterocycles. The Morgan fingerprint density at radius 3 is 2.72 bits per heavy atom. The van der Waals surface area contributed by atoms with Gasteiger partial charge in [0, 0.05) is 6.04 Å². The lowest BCUT2D eigenvalue weighted by atomic mass is 9.92. The summed E-state index contributed by atoms with van der Waals surface area (Å²) in [5, 5.41) is 0. The summed E-state index contributed by atoms with van der Waals surface area (Å²) >= 11 is 0. The van der Waals surface area contributed by atoms with Crippen LogP contribution in [0.15, 0.2) is 18.2 Å². The highest BCUT2D eigenvalue weighted by Gasteiger charge is 2.28. The van der Waals surface area contributed by atoms with Gasteiger partial charge in [-0.2, -0.15) is 0 Å². The molecule has 2 heteroatoms. The Hall–Kier alpha value is -1.02. The van der Waals surface area contributed by atoms with Crippen LogP contribution in [0.2, 0.25) is 0 Å². The SMILES string of the molecule is NC(CCOc1ccc2c(c1)CCCC2)C1CC1. The van der Waals surface area contributed by atoms with Crippen LogP contribution in [-0.2, 0) is 12.8 Å². The molecule has 18 heavy (non-hydrogen) atoms. The van der Waals surface area contributed by atoms with Gasteiger partial charge in [0.2, 0.25) is 0 Å². The topological polar surface area (TPSA) is 35.2 Å². The van der Waals surface area contributed by atoms with Gasteiger partial charge in [-0.05, 0) is 74.1 Å². The average Bonchev–Trinajstić information content (AvgIpc) is 3.23. The minimum atomic E-state index is 0.350. The predicted molar refractivity (Wildman–Crippen MR) is 73.9 cm³/mol. The molecule has 0 bridgehead atoms. The maximum absolute atomic E-state index is 6.07. The number of ether oxygens (including phenoxy) is 1. The second kappa shape index (κ2) is 5.31. The molecule has 1 saturated carbocycles. The molecule has 1 unspecified atom stereocenters. The zero-order valence-corrected chi connectivity index (χ0v) is 11.0. The molecule has 0 heterocycles. The van der Waals surface area contributed by atoms with Gasteiger partial charge in [0.05, 0.1) is 6.61 Å². The van der Waals surface area contributed by atoms with Gasteiger partial charge in [-0.15, -0.1) is 0 Å². The normalized spacial score (nSPS) is 20.3. The van der Waals surface area contributed by atoms with Crippen molar-refractivity contribution in [2.45, 2.75) is 51.0 Å². The number of hydrogen-bond acceptors (Lipinski definition) is 2. The highest BCUT2D eigenvalue weighted by atomic mass is 16.5. The summed E-state index contributed by atoms with van der Waals surface area (Å²) in [6.45, 7) is 0.760. The fourth-order valence-electron chi connectivity index (χ4n) is 2.87. The van der Waals surface area contributed by atoms with Crippen molar-refractivity contribution in [1.82, 2.24) is 0 Å². The van der Waals surface area contributed by atoms with E-state index in [-0.39, 0.29) is 0 Å². The third-order valence-corrected chi connectivity index (χ3v) is 4.27. The quantitative estimate of drug-likeness (QED) is 0.865. The van der Waals surface area contributed by atoms with Crippen LogP contribution in [0.5, 0.6) is 5.75 Å². The van der Waals surface area contributed by atoms with Gasteiger partial charge in [0.15, 0.2) is 0 Å². The molecule has 3 rings (SSSR count). The Morgan fingerprint density at radius 1 is 1.17 bits per heavy atom. The van der Waals surface area contributed by atoms with Crippen LogP contribution in [0.25, 0.3) is 0 Å². The van der Waals surface area contributed by atoms with Gasteiger partial charge >= 0.3 is 0 Å². The van der Waals surface area contributed by atoms with E-state index in [0.29, 0.717) is 6.04 Å². The van der Waals surface area contributed by atoms with Crippen LogP contribution in [-0.4, -0.2) is 12.6 Å². The van der Waals surface area contributed by atoms with Crippen molar-refractivity contribution >= 4 is 0 Å². The van der Waals surface area contributed by atoms with Gasteiger partial charge in [-0.1, -0.05) is 6.07 Å². The minimum absolute atomic E-state index is 0.350. The molecular formula is C16H23NO. The van der Waals surface area contributed by atoms with E-state index in [1.807, 2.05) is 0 Å². The first-order chi connectivity index (χ1) is 8.83. The summed E-state index contributed by atoms with van der Waals surface area (Å²) in [5.74, 6) is 1.80. The van der Waals surface area contributed by atoms with Crippen LogP contribution in [0, 0.1) is 5.92 Å². The monoisotopic (exact) mass is 245 g/mol. The van der Waals surface area contributed by atoms with Crippen LogP contribution in [0.4, 0.5) is 0 Å². The van der Waals surface area contributed by atoms with E-state index >= 15 is 0 Å². The number of nitrogens with two attached hydrogens (primary N) is 1. The number of hydrogen-bond donors (Lipinski definition) is 1. The third kappa shape index (κ3) is 2.86. The van der Waals surface area contributed by atoms with Gasteiger partial charge < -0.3 is 10.5 Å². The lowest BCUT2D eigenvalue weighted by Gasteiger charge is -2.17. The summed E-state index contributed by atoms with van der Waals surface area (Å²) in [4.78, 5) is 0. The van der Waals surface area contributed by atoms with E-state index in [0.717, 1.165) is 24.7 Å². The summed E-state index contributed by atoms with van der Waals surface area (Å²) < 4.78 is 5.84. The predicted octanol–water partition coefficient (Wildman–Crippen LogP) is 3.07. The molecule has 0 radical (unpaired) electrons. The summed E-state index contributed by atoms with van der Waals surface area (Å²) in [5.41, 5.74) is 9.08. The summed E-state index contributed by atoms with van der Waals surface area (Å²) in [7, 11) is 0. The summed E-state index contributed by atoms with van der Waals surface area (Å²) in [6, 6.07) is 6.94. The molecule has 1 aromatic rings. The van der Waals surface area contributed by atoms with Gasteiger partial charge in [0.1, 0.15) is 5.75 Å². The van der Waals surface area contributed by atoms with Gasteiger partial charge in [-0.3, -0.25) is 0 Å². The maximum atomic E-state index is 6.07. The molecule has 2 nitrogen and oxygen atoms in total. The maximum Gasteiger partial charge on any atom is 0.119 e. The van der Waals surface area contributed by atoms with Crippen LogP contribution < -0.4 is 10.5 Å². The van der Waals surface area contributed by atoms with Crippen molar-refractivity contribution in [2.24, 2.45) is 11.7 Å². The Morgan fingerprint density at radius 2 is 1.94 bits per heavy atom. The fourth-order valence-corrected chi connectivity index (χ4v) is 2.87. The molecule has 0 amide bonds. The Balaban J connectivity index is 1.52. The van der Waals surface area contributed by atoms with E-state index < -0.39 is 0 Å². The van der Waals surface area contributed by atoms with Crippen molar-refractivity contribution in [1.29, 1.82) is 0 Å². The molecular weight excluding hydrogens is 222 g/mol. The molecule has 1 aromatic carbocycles. The fraction of sp³-hybridized carbons (Fsp3) is 0.625. The first-order valence-electron chi connectivity index (χ1n) is 7.33. The smallest absolute Gasteiger partial charge is 0.119 e. The van der Waals surface area contributed by atoms with Crippen molar-refractivity contribution in [3.8, 4) is 5.75 Å². The zero-order chi connectivity index (χ0) is 12.4. The molecule has 0 aliphatic heterocycles. The first-order valence-corrected chi connectivity index (χ1v) is 7.33. The van der Waals surface area contributed by atoms with E-state index in [1.165, 1.54) is 49.7 Å². The van der Waals surface area contributed by atoms with Crippen molar-refractivity contribution in [3.05, 3.63) is 29.3 Å². The number of benzene rings is 1.